The minimum Gasteiger partial charge on any atom is -0.357 e. The smallest absolute Gasteiger partial charge is 0.191 e. The van der Waals surface area contributed by atoms with Gasteiger partial charge in [0.1, 0.15) is 5.82 Å². The zero-order valence-corrected chi connectivity index (χ0v) is 12.8. The molecule has 0 amide bonds. The molecule has 118 valence electrons. The zero-order chi connectivity index (χ0) is 15.6. The Morgan fingerprint density at radius 2 is 2.18 bits per heavy atom. The van der Waals surface area contributed by atoms with Crippen molar-refractivity contribution in [2.45, 2.75) is 19.9 Å². The van der Waals surface area contributed by atoms with Crippen LogP contribution in [0.1, 0.15) is 12.5 Å². The lowest BCUT2D eigenvalue weighted by molar-refractivity contribution is 0.609. The number of rotatable bonds is 7. The van der Waals surface area contributed by atoms with Gasteiger partial charge in [-0.3, -0.25) is 4.99 Å². The van der Waals surface area contributed by atoms with E-state index in [1.165, 1.54) is 6.07 Å². The topological polar surface area (TPSA) is 54.2 Å². The molecule has 0 aliphatic carbocycles. The standard InChI is InChI=1S/C16H22FN5/c1-2-19-16(21-10-12-22-11-9-18-13-22)20-8-7-14-5-3-4-6-15(14)17/h3-6,9,11,13H,2,7-8,10,12H2,1H3,(H2,19,20,21). The molecular weight excluding hydrogens is 281 g/mol. The van der Waals surface area contributed by atoms with E-state index in [2.05, 4.69) is 20.6 Å². The van der Waals surface area contributed by atoms with Crippen molar-refractivity contribution in [2.75, 3.05) is 19.6 Å². The summed E-state index contributed by atoms with van der Waals surface area (Å²) in [5.41, 5.74) is 0.695. The van der Waals surface area contributed by atoms with Crippen LogP contribution < -0.4 is 10.6 Å². The van der Waals surface area contributed by atoms with Gasteiger partial charge in [0.05, 0.1) is 6.33 Å². The maximum atomic E-state index is 13.5. The first-order chi connectivity index (χ1) is 10.8. The lowest BCUT2D eigenvalue weighted by Gasteiger charge is -2.11. The van der Waals surface area contributed by atoms with E-state index >= 15 is 0 Å². The van der Waals surface area contributed by atoms with E-state index in [0.717, 1.165) is 25.6 Å². The van der Waals surface area contributed by atoms with Crippen LogP contribution in [0.15, 0.2) is 48.0 Å². The zero-order valence-electron chi connectivity index (χ0n) is 12.8. The van der Waals surface area contributed by atoms with Crippen LogP contribution in [0.2, 0.25) is 0 Å². The maximum Gasteiger partial charge on any atom is 0.191 e. The number of aromatic nitrogens is 2. The fraction of sp³-hybridized carbons (Fsp3) is 0.375. The highest BCUT2D eigenvalue weighted by molar-refractivity contribution is 5.79. The van der Waals surface area contributed by atoms with E-state index in [1.54, 1.807) is 24.7 Å². The second-order valence-corrected chi connectivity index (χ2v) is 4.83. The van der Waals surface area contributed by atoms with Crippen LogP contribution in [0.5, 0.6) is 0 Å². The summed E-state index contributed by atoms with van der Waals surface area (Å²) in [6, 6.07) is 6.82. The van der Waals surface area contributed by atoms with E-state index < -0.39 is 0 Å². The summed E-state index contributed by atoms with van der Waals surface area (Å²) < 4.78 is 15.5. The highest BCUT2D eigenvalue weighted by atomic mass is 19.1. The molecule has 2 aromatic rings. The van der Waals surface area contributed by atoms with Gasteiger partial charge in [-0.2, -0.15) is 0 Å². The second-order valence-electron chi connectivity index (χ2n) is 4.83. The van der Waals surface area contributed by atoms with Gasteiger partial charge in [0, 0.05) is 38.6 Å². The maximum absolute atomic E-state index is 13.5. The monoisotopic (exact) mass is 303 g/mol. The summed E-state index contributed by atoms with van der Waals surface area (Å²) in [5.74, 6) is 0.578. The number of aliphatic imine (C=N–C) groups is 1. The molecule has 6 heteroatoms. The molecule has 2 N–H and O–H groups in total. The molecule has 0 unspecified atom stereocenters. The van der Waals surface area contributed by atoms with Crippen molar-refractivity contribution in [3.63, 3.8) is 0 Å². The number of guanidine groups is 1. The van der Waals surface area contributed by atoms with Crippen LogP contribution in [0.25, 0.3) is 0 Å². The number of imidazole rings is 1. The molecule has 22 heavy (non-hydrogen) atoms. The Balaban J connectivity index is 1.80. The number of benzene rings is 1. The van der Waals surface area contributed by atoms with Crippen molar-refractivity contribution < 1.29 is 4.39 Å². The molecule has 2 rings (SSSR count). The number of hydrogen-bond acceptors (Lipinski definition) is 2. The first-order valence-corrected chi connectivity index (χ1v) is 7.51. The van der Waals surface area contributed by atoms with Crippen LogP contribution in [-0.4, -0.2) is 35.1 Å². The number of hydrogen-bond donors (Lipinski definition) is 2. The van der Waals surface area contributed by atoms with E-state index in [9.17, 15) is 4.39 Å². The molecule has 0 atom stereocenters. The summed E-state index contributed by atoms with van der Waals surface area (Å²) in [4.78, 5) is 8.47. The Morgan fingerprint density at radius 3 is 2.91 bits per heavy atom. The molecule has 0 saturated carbocycles. The fourth-order valence-electron chi connectivity index (χ4n) is 2.05. The predicted octanol–water partition coefficient (Wildman–Crippen LogP) is 1.82. The highest BCUT2D eigenvalue weighted by Gasteiger charge is 2.01. The first-order valence-electron chi connectivity index (χ1n) is 7.51. The third-order valence-corrected chi connectivity index (χ3v) is 3.17. The fourth-order valence-corrected chi connectivity index (χ4v) is 2.05. The van der Waals surface area contributed by atoms with Gasteiger partial charge >= 0.3 is 0 Å². The van der Waals surface area contributed by atoms with Crippen LogP contribution in [0, 0.1) is 5.82 Å². The molecule has 0 fully saturated rings. The normalized spacial score (nSPS) is 11.5. The van der Waals surface area contributed by atoms with E-state index in [-0.39, 0.29) is 5.82 Å². The molecule has 5 nitrogen and oxygen atoms in total. The van der Waals surface area contributed by atoms with Gasteiger partial charge in [-0.25, -0.2) is 9.37 Å². The second kappa shape index (κ2) is 8.81. The first kappa shape index (κ1) is 16.0. The van der Waals surface area contributed by atoms with Gasteiger partial charge in [0.25, 0.3) is 0 Å². The molecule has 0 aliphatic heterocycles. The molecule has 1 aromatic heterocycles. The SMILES string of the molecule is CCNC(=NCCc1ccccc1F)NCCn1ccnc1. The quantitative estimate of drug-likeness (QED) is 0.606. The number of nitrogens with zero attached hydrogens (tertiary/aromatic N) is 3. The summed E-state index contributed by atoms with van der Waals surface area (Å²) in [6.07, 6.45) is 6.05. The number of halogens is 1. The van der Waals surface area contributed by atoms with Crippen LogP contribution in [0.3, 0.4) is 0 Å². The van der Waals surface area contributed by atoms with Gasteiger partial charge in [-0.15, -0.1) is 0 Å². The van der Waals surface area contributed by atoms with Crippen molar-refractivity contribution in [2.24, 2.45) is 4.99 Å². The van der Waals surface area contributed by atoms with Crippen LogP contribution >= 0.6 is 0 Å². The van der Waals surface area contributed by atoms with Gasteiger partial charge in [0.15, 0.2) is 5.96 Å². The molecule has 1 heterocycles. The highest BCUT2D eigenvalue weighted by Crippen LogP contribution is 2.06. The molecular formula is C16H22FN5. The van der Waals surface area contributed by atoms with Crippen LogP contribution in [0.4, 0.5) is 4.39 Å². The predicted molar refractivity (Wildman–Crippen MR) is 86.3 cm³/mol. The van der Waals surface area contributed by atoms with Gasteiger partial charge < -0.3 is 15.2 Å². The Morgan fingerprint density at radius 1 is 1.32 bits per heavy atom. The Bertz CT molecular complexity index is 580. The average Bonchev–Trinajstić information content (AvgIpc) is 3.02. The van der Waals surface area contributed by atoms with E-state index in [0.29, 0.717) is 18.5 Å². The lowest BCUT2D eigenvalue weighted by Crippen LogP contribution is -2.39. The third kappa shape index (κ3) is 5.20. The molecule has 1 aromatic carbocycles. The van der Waals surface area contributed by atoms with Crippen molar-refractivity contribution in [1.29, 1.82) is 0 Å². The lowest BCUT2D eigenvalue weighted by atomic mass is 10.1. The summed E-state index contributed by atoms with van der Waals surface area (Å²) in [7, 11) is 0. The Labute approximate surface area is 130 Å². The summed E-state index contributed by atoms with van der Waals surface area (Å²) in [5, 5.41) is 6.44. The van der Waals surface area contributed by atoms with Gasteiger partial charge in [0.2, 0.25) is 0 Å². The van der Waals surface area contributed by atoms with E-state index in [4.69, 9.17) is 0 Å². The Kier molecular flexibility index (Phi) is 6.41. The van der Waals surface area contributed by atoms with Gasteiger partial charge in [-0.05, 0) is 25.0 Å². The van der Waals surface area contributed by atoms with Gasteiger partial charge in [-0.1, -0.05) is 18.2 Å². The van der Waals surface area contributed by atoms with Crippen molar-refractivity contribution in [1.82, 2.24) is 20.2 Å². The summed E-state index contributed by atoms with van der Waals surface area (Å²) >= 11 is 0. The molecule has 0 spiro atoms. The molecule has 0 saturated heterocycles. The van der Waals surface area contributed by atoms with E-state index in [1.807, 2.05) is 23.8 Å². The minimum absolute atomic E-state index is 0.171. The average molecular weight is 303 g/mol. The molecule has 0 bridgehead atoms. The molecule has 0 radical (unpaired) electrons. The minimum atomic E-state index is -0.171. The third-order valence-electron chi connectivity index (χ3n) is 3.17. The van der Waals surface area contributed by atoms with Crippen molar-refractivity contribution in [3.05, 3.63) is 54.4 Å². The van der Waals surface area contributed by atoms with Crippen molar-refractivity contribution in [3.8, 4) is 0 Å². The largest absolute Gasteiger partial charge is 0.357 e. The van der Waals surface area contributed by atoms with Crippen LogP contribution in [-0.2, 0) is 13.0 Å². The van der Waals surface area contributed by atoms with Crippen molar-refractivity contribution >= 4 is 5.96 Å². The molecule has 0 aliphatic rings. The number of nitrogens with one attached hydrogen (secondary N) is 2. The summed E-state index contributed by atoms with van der Waals surface area (Å²) in [6.45, 7) is 4.92. The Hall–Kier alpha value is -2.37.